The van der Waals surface area contributed by atoms with Crippen molar-refractivity contribution in [2.75, 3.05) is 0 Å². The Kier molecular flexibility index (Phi) is 4.26. The van der Waals surface area contributed by atoms with E-state index >= 15 is 0 Å². The number of hydrogen-bond donors (Lipinski definition) is 0. The summed E-state index contributed by atoms with van der Waals surface area (Å²) in [4.78, 5) is 0. The maximum atomic E-state index is 3.24. The van der Waals surface area contributed by atoms with Crippen LogP contribution in [0.5, 0.6) is 0 Å². The summed E-state index contributed by atoms with van der Waals surface area (Å²) in [6, 6.07) is 0. The van der Waals surface area contributed by atoms with Gasteiger partial charge in [-0.05, 0) is 33.1 Å². The van der Waals surface area contributed by atoms with Crippen molar-refractivity contribution < 1.29 is 0 Å². The molecule has 0 aromatic rings. The molecule has 0 aliphatic rings. The highest BCUT2D eigenvalue weighted by Crippen LogP contribution is 2.25. The summed E-state index contributed by atoms with van der Waals surface area (Å²) in [5.74, 6) is 7.02. The lowest BCUT2D eigenvalue weighted by Gasteiger charge is -2.21. The average molecular weight is 152 g/mol. The van der Waals surface area contributed by atoms with E-state index in [9.17, 15) is 0 Å². The molecule has 0 fully saturated rings. The van der Waals surface area contributed by atoms with Crippen LogP contribution in [0, 0.1) is 23.2 Å². The molecule has 0 saturated carbocycles. The van der Waals surface area contributed by atoms with Gasteiger partial charge >= 0.3 is 0 Å². The Bertz CT molecular complexity index is 155. The minimum absolute atomic E-state index is 0.212. The lowest BCUT2D eigenvalue weighted by molar-refractivity contribution is 0.356. The van der Waals surface area contributed by atoms with Gasteiger partial charge in [0.1, 0.15) is 0 Å². The van der Waals surface area contributed by atoms with Crippen LogP contribution >= 0.6 is 0 Å². The SMILES string of the molecule is CC#CC(C)(C)CC(C)CC. The van der Waals surface area contributed by atoms with Crippen molar-refractivity contribution in [1.82, 2.24) is 0 Å². The first-order valence-corrected chi connectivity index (χ1v) is 4.45. The molecule has 0 aliphatic heterocycles. The largest absolute Gasteiger partial charge is 0.106 e. The minimum atomic E-state index is 0.212. The first-order valence-electron chi connectivity index (χ1n) is 4.45. The van der Waals surface area contributed by atoms with Crippen molar-refractivity contribution in [1.29, 1.82) is 0 Å². The van der Waals surface area contributed by atoms with Gasteiger partial charge in [-0.1, -0.05) is 26.2 Å². The van der Waals surface area contributed by atoms with E-state index in [0.717, 1.165) is 5.92 Å². The quantitative estimate of drug-likeness (QED) is 0.543. The third kappa shape index (κ3) is 4.90. The van der Waals surface area contributed by atoms with Gasteiger partial charge in [0.2, 0.25) is 0 Å². The van der Waals surface area contributed by atoms with E-state index in [2.05, 4.69) is 39.5 Å². The van der Waals surface area contributed by atoms with Gasteiger partial charge in [-0.15, -0.1) is 5.92 Å². The predicted molar refractivity (Wildman–Crippen MR) is 51.3 cm³/mol. The van der Waals surface area contributed by atoms with E-state index in [0.29, 0.717) is 0 Å². The van der Waals surface area contributed by atoms with Crippen LogP contribution < -0.4 is 0 Å². The summed E-state index contributed by atoms with van der Waals surface area (Å²) >= 11 is 0. The molecule has 0 rings (SSSR count). The van der Waals surface area contributed by atoms with Crippen LogP contribution in [0.4, 0.5) is 0 Å². The molecule has 0 aromatic carbocycles. The molecule has 0 nitrogen and oxygen atoms in total. The van der Waals surface area contributed by atoms with Crippen LogP contribution in [-0.4, -0.2) is 0 Å². The lowest BCUT2D eigenvalue weighted by Crippen LogP contribution is -2.12. The average Bonchev–Trinajstić information content (AvgIpc) is 1.86. The molecule has 0 aromatic heterocycles. The van der Waals surface area contributed by atoms with Gasteiger partial charge in [-0.25, -0.2) is 0 Å². The van der Waals surface area contributed by atoms with Crippen molar-refractivity contribution in [2.45, 2.75) is 47.5 Å². The van der Waals surface area contributed by atoms with E-state index < -0.39 is 0 Å². The standard InChI is InChI=1S/C11H20/c1-6-8-11(4,5)9-10(3)7-2/h10H,7,9H2,1-5H3. The Morgan fingerprint density at radius 2 is 1.91 bits per heavy atom. The molecule has 0 saturated heterocycles. The van der Waals surface area contributed by atoms with Gasteiger partial charge < -0.3 is 0 Å². The van der Waals surface area contributed by atoms with Gasteiger partial charge in [0, 0.05) is 5.41 Å². The molecule has 0 amide bonds. The van der Waals surface area contributed by atoms with Crippen molar-refractivity contribution in [3.05, 3.63) is 0 Å². The molecule has 64 valence electrons. The summed E-state index contributed by atoms with van der Waals surface area (Å²) in [6.45, 7) is 10.9. The maximum Gasteiger partial charge on any atom is 0.0260 e. The van der Waals surface area contributed by atoms with E-state index in [1.165, 1.54) is 12.8 Å². The molecule has 0 spiro atoms. The Hall–Kier alpha value is -0.440. The molecule has 11 heavy (non-hydrogen) atoms. The summed E-state index contributed by atoms with van der Waals surface area (Å²) < 4.78 is 0. The Morgan fingerprint density at radius 1 is 1.36 bits per heavy atom. The minimum Gasteiger partial charge on any atom is -0.106 e. The van der Waals surface area contributed by atoms with Gasteiger partial charge in [-0.2, -0.15) is 0 Å². The van der Waals surface area contributed by atoms with Crippen LogP contribution in [0.1, 0.15) is 47.5 Å². The smallest absolute Gasteiger partial charge is 0.0260 e. The zero-order chi connectivity index (χ0) is 8.91. The molecule has 0 aliphatic carbocycles. The second kappa shape index (κ2) is 4.44. The van der Waals surface area contributed by atoms with E-state index in [1.807, 2.05) is 6.92 Å². The third-order valence-electron chi connectivity index (χ3n) is 2.02. The van der Waals surface area contributed by atoms with Crippen molar-refractivity contribution in [3.8, 4) is 11.8 Å². The Labute approximate surface area is 71.4 Å². The van der Waals surface area contributed by atoms with Gasteiger partial charge in [-0.3, -0.25) is 0 Å². The fourth-order valence-electron chi connectivity index (χ4n) is 1.40. The van der Waals surface area contributed by atoms with Gasteiger partial charge in [0.05, 0.1) is 0 Å². The topological polar surface area (TPSA) is 0 Å². The molecule has 0 heterocycles. The zero-order valence-electron chi connectivity index (χ0n) is 8.49. The highest BCUT2D eigenvalue weighted by molar-refractivity contribution is 5.06. The summed E-state index contributed by atoms with van der Waals surface area (Å²) in [5, 5.41) is 0. The number of rotatable bonds is 3. The zero-order valence-corrected chi connectivity index (χ0v) is 8.49. The van der Waals surface area contributed by atoms with Crippen molar-refractivity contribution in [3.63, 3.8) is 0 Å². The fourth-order valence-corrected chi connectivity index (χ4v) is 1.40. The Morgan fingerprint density at radius 3 is 2.27 bits per heavy atom. The highest BCUT2D eigenvalue weighted by atomic mass is 14.2. The predicted octanol–water partition coefficient (Wildman–Crippen LogP) is 3.47. The first-order chi connectivity index (χ1) is 5.02. The Balaban J connectivity index is 3.97. The molecule has 0 N–H and O–H groups in total. The second-order valence-corrected chi connectivity index (χ2v) is 3.98. The molecule has 0 heteroatoms. The second-order valence-electron chi connectivity index (χ2n) is 3.98. The molecular weight excluding hydrogens is 132 g/mol. The van der Waals surface area contributed by atoms with Crippen LogP contribution in [0.15, 0.2) is 0 Å². The van der Waals surface area contributed by atoms with Crippen LogP contribution in [0.2, 0.25) is 0 Å². The fraction of sp³-hybridized carbons (Fsp3) is 0.818. The van der Waals surface area contributed by atoms with E-state index in [-0.39, 0.29) is 5.41 Å². The van der Waals surface area contributed by atoms with Gasteiger partial charge in [0.25, 0.3) is 0 Å². The molecular formula is C11H20. The van der Waals surface area contributed by atoms with Crippen LogP contribution in [0.25, 0.3) is 0 Å². The first kappa shape index (κ1) is 10.6. The maximum absolute atomic E-state index is 3.24. The van der Waals surface area contributed by atoms with E-state index in [4.69, 9.17) is 0 Å². The lowest BCUT2D eigenvalue weighted by atomic mass is 9.83. The molecule has 1 atom stereocenters. The van der Waals surface area contributed by atoms with Crippen LogP contribution in [-0.2, 0) is 0 Å². The number of hydrogen-bond acceptors (Lipinski definition) is 0. The molecule has 1 unspecified atom stereocenters. The third-order valence-corrected chi connectivity index (χ3v) is 2.02. The monoisotopic (exact) mass is 152 g/mol. The molecule has 0 radical (unpaired) electrons. The normalized spacial score (nSPS) is 13.5. The summed E-state index contributed by atoms with van der Waals surface area (Å²) in [7, 11) is 0. The van der Waals surface area contributed by atoms with E-state index in [1.54, 1.807) is 0 Å². The van der Waals surface area contributed by atoms with Gasteiger partial charge in [0.15, 0.2) is 0 Å². The van der Waals surface area contributed by atoms with Crippen molar-refractivity contribution in [2.24, 2.45) is 11.3 Å². The summed E-state index contributed by atoms with van der Waals surface area (Å²) in [6.07, 6.45) is 2.47. The molecule has 0 bridgehead atoms. The summed E-state index contributed by atoms with van der Waals surface area (Å²) in [5.41, 5.74) is 0.212. The highest BCUT2D eigenvalue weighted by Gasteiger charge is 2.16. The van der Waals surface area contributed by atoms with Crippen molar-refractivity contribution >= 4 is 0 Å². The van der Waals surface area contributed by atoms with Crippen LogP contribution in [0.3, 0.4) is 0 Å².